The maximum absolute atomic E-state index is 12.7. The van der Waals surface area contributed by atoms with Crippen LogP contribution in [0.15, 0.2) is 59.7 Å². The molecule has 0 spiro atoms. The van der Waals surface area contributed by atoms with E-state index in [1.807, 2.05) is 60.7 Å². The van der Waals surface area contributed by atoms with Crippen LogP contribution in [0.1, 0.15) is 45.7 Å². The van der Waals surface area contributed by atoms with E-state index in [1.54, 1.807) is 6.92 Å². The van der Waals surface area contributed by atoms with Crippen molar-refractivity contribution in [3.05, 3.63) is 70.8 Å². The third-order valence-corrected chi connectivity index (χ3v) is 6.34. The molecular weight excluding hydrogens is 488 g/mol. The summed E-state index contributed by atoms with van der Waals surface area (Å²) in [5, 5.41) is 24.4. The van der Waals surface area contributed by atoms with E-state index < -0.39 is 17.9 Å². The van der Waals surface area contributed by atoms with Crippen LogP contribution in [-0.4, -0.2) is 50.6 Å². The van der Waals surface area contributed by atoms with Crippen molar-refractivity contribution in [2.24, 2.45) is 0 Å². The zero-order chi connectivity index (χ0) is 28.8. The highest BCUT2D eigenvalue weighted by Gasteiger charge is 2.15. The van der Waals surface area contributed by atoms with E-state index in [0.29, 0.717) is 0 Å². The fraction of sp³-hybridized carbons (Fsp3) is 0.355. The summed E-state index contributed by atoms with van der Waals surface area (Å²) in [7, 11) is 0. The van der Waals surface area contributed by atoms with Crippen LogP contribution >= 0.6 is 0 Å². The molecule has 0 aliphatic heterocycles. The molecule has 0 heterocycles. The Morgan fingerprint density at radius 2 is 1.13 bits per heavy atom. The summed E-state index contributed by atoms with van der Waals surface area (Å²) >= 11 is 0. The van der Waals surface area contributed by atoms with Crippen molar-refractivity contribution >= 4 is 35.3 Å². The Balaban J connectivity index is 1.98. The van der Waals surface area contributed by atoms with Crippen molar-refractivity contribution in [1.29, 1.82) is 10.5 Å². The molecule has 0 saturated carbocycles. The van der Waals surface area contributed by atoms with Crippen LogP contribution in [0.25, 0.3) is 12.2 Å². The normalized spacial score (nSPS) is 12.1. The van der Waals surface area contributed by atoms with Crippen LogP contribution in [0.2, 0.25) is 0 Å². The molecule has 0 aromatic heterocycles. The van der Waals surface area contributed by atoms with Gasteiger partial charge in [-0.3, -0.25) is 9.59 Å². The number of hydrogen-bond acceptors (Lipinski definition) is 6. The van der Waals surface area contributed by atoms with Gasteiger partial charge in [0, 0.05) is 50.1 Å². The lowest BCUT2D eigenvalue weighted by Crippen LogP contribution is -2.42. The number of nitrogens with one attached hydrogen (secondary N) is 2. The first-order chi connectivity index (χ1) is 18.8. The average Bonchev–Trinajstić information content (AvgIpc) is 2.96. The molecule has 8 nitrogen and oxygen atoms in total. The van der Waals surface area contributed by atoms with Crippen molar-refractivity contribution in [2.45, 2.75) is 40.7 Å². The molecule has 2 aromatic rings. The van der Waals surface area contributed by atoms with Crippen molar-refractivity contribution in [1.82, 2.24) is 10.6 Å². The Bertz CT molecular complexity index is 1240. The fourth-order valence-corrected chi connectivity index (χ4v) is 4.06. The molecule has 0 fully saturated rings. The average molecular weight is 527 g/mol. The smallest absolute Gasteiger partial charge is 0.262 e. The van der Waals surface area contributed by atoms with Crippen LogP contribution in [0, 0.1) is 22.7 Å². The summed E-state index contributed by atoms with van der Waals surface area (Å²) in [6.45, 7) is 13.7. The highest BCUT2D eigenvalue weighted by Crippen LogP contribution is 2.18. The van der Waals surface area contributed by atoms with Gasteiger partial charge < -0.3 is 20.4 Å². The molecule has 0 bridgehead atoms. The maximum atomic E-state index is 12.7. The van der Waals surface area contributed by atoms with Gasteiger partial charge in [-0.1, -0.05) is 24.3 Å². The highest BCUT2D eigenvalue weighted by atomic mass is 16.2. The van der Waals surface area contributed by atoms with Crippen molar-refractivity contribution in [3.8, 4) is 12.1 Å². The minimum Gasteiger partial charge on any atom is -0.372 e. The molecule has 0 aliphatic carbocycles. The van der Waals surface area contributed by atoms with Gasteiger partial charge in [0.2, 0.25) is 0 Å². The molecule has 1 unspecified atom stereocenters. The molecule has 2 N–H and O–H groups in total. The summed E-state index contributed by atoms with van der Waals surface area (Å²) < 4.78 is 0. The van der Waals surface area contributed by atoms with Crippen LogP contribution in [0.5, 0.6) is 0 Å². The first-order valence-corrected chi connectivity index (χ1v) is 13.3. The number of nitriles is 2. The molecule has 0 radical (unpaired) electrons. The van der Waals surface area contributed by atoms with E-state index in [9.17, 15) is 20.1 Å². The van der Waals surface area contributed by atoms with E-state index in [0.717, 1.165) is 48.7 Å². The number of rotatable bonds is 13. The zero-order valence-corrected chi connectivity index (χ0v) is 23.5. The summed E-state index contributed by atoms with van der Waals surface area (Å²) in [6.07, 6.45) is 3.07. The van der Waals surface area contributed by atoms with E-state index in [1.165, 1.54) is 12.2 Å². The number of amides is 2. The topological polar surface area (TPSA) is 112 Å². The second-order valence-corrected chi connectivity index (χ2v) is 8.95. The minimum atomic E-state index is -0.532. The van der Waals surface area contributed by atoms with Gasteiger partial charge in [-0.15, -0.1) is 0 Å². The summed E-state index contributed by atoms with van der Waals surface area (Å²) in [4.78, 5) is 29.7. The lowest BCUT2D eigenvalue weighted by atomic mass is 10.1. The third kappa shape index (κ3) is 9.05. The molecular formula is C31H38N6O2. The molecule has 8 heteroatoms. The predicted octanol–water partition coefficient (Wildman–Crippen LogP) is 4.51. The molecule has 1 atom stereocenters. The lowest BCUT2D eigenvalue weighted by molar-refractivity contribution is -0.119. The van der Waals surface area contributed by atoms with Gasteiger partial charge in [0.15, 0.2) is 0 Å². The number of nitrogens with zero attached hydrogens (tertiary/aromatic N) is 4. The summed E-state index contributed by atoms with van der Waals surface area (Å²) in [5.41, 5.74) is 3.57. The van der Waals surface area contributed by atoms with Gasteiger partial charge >= 0.3 is 0 Å². The van der Waals surface area contributed by atoms with Gasteiger partial charge in [0.1, 0.15) is 23.3 Å². The first kappa shape index (κ1) is 30.7. The third-order valence-electron chi connectivity index (χ3n) is 6.34. The predicted molar refractivity (Wildman–Crippen MR) is 158 cm³/mol. The number of anilines is 2. The Morgan fingerprint density at radius 1 is 0.744 bits per heavy atom. The van der Waals surface area contributed by atoms with Crippen molar-refractivity contribution in [2.75, 3.05) is 42.5 Å². The second kappa shape index (κ2) is 15.6. The number of carbonyl (C=O) groups excluding carboxylic acids is 2. The Morgan fingerprint density at radius 3 is 1.49 bits per heavy atom. The first-order valence-electron chi connectivity index (χ1n) is 13.3. The molecule has 2 aromatic carbocycles. The lowest BCUT2D eigenvalue weighted by Gasteiger charge is -2.20. The Labute approximate surface area is 232 Å². The number of hydrogen-bond donors (Lipinski definition) is 2. The SMILES string of the molecule is CCN(CC)c1ccc(/C=C(\C#N)C(=O)NCC(C)NC(=O)/C(C#N)=C/c2ccc(N(CC)CC)cc2)cc1. The molecule has 2 amide bonds. The molecule has 0 aliphatic rings. The zero-order valence-electron chi connectivity index (χ0n) is 23.5. The second-order valence-electron chi connectivity index (χ2n) is 8.95. The van der Waals surface area contributed by atoms with E-state index >= 15 is 0 Å². The largest absolute Gasteiger partial charge is 0.372 e. The van der Waals surface area contributed by atoms with Crippen LogP contribution in [-0.2, 0) is 9.59 Å². The van der Waals surface area contributed by atoms with E-state index in [4.69, 9.17) is 0 Å². The van der Waals surface area contributed by atoms with E-state index in [-0.39, 0.29) is 17.7 Å². The monoisotopic (exact) mass is 526 g/mol. The van der Waals surface area contributed by atoms with E-state index in [2.05, 4.69) is 48.1 Å². The van der Waals surface area contributed by atoms with Crippen LogP contribution < -0.4 is 20.4 Å². The van der Waals surface area contributed by atoms with Gasteiger partial charge in [0.05, 0.1) is 0 Å². The Kier molecular flexibility index (Phi) is 12.3. The summed E-state index contributed by atoms with van der Waals surface area (Å²) in [6, 6.07) is 18.8. The quantitative estimate of drug-likeness (QED) is 0.293. The summed E-state index contributed by atoms with van der Waals surface area (Å²) in [5.74, 6) is -1.06. The van der Waals surface area contributed by atoms with Crippen LogP contribution in [0.3, 0.4) is 0 Å². The molecule has 39 heavy (non-hydrogen) atoms. The number of carbonyl (C=O) groups is 2. The molecule has 2 rings (SSSR count). The molecule has 0 saturated heterocycles. The standard InChI is InChI=1S/C31H38N6O2/c1-6-36(7-2)28-14-10-24(11-15-28)18-26(20-32)30(38)34-22-23(5)35-31(39)27(21-33)19-25-12-16-29(17-13-25)37(8-3)9-4/h10-19,23H,6-9,22H2,1-5H3,(H,34,38)(H,35,39)/b26-18+,27-19+. The minimum absolute atomic E-state index is 0.0325. The van der Waals surface area contributed by atoms with Crippen LogP contribution in [0.4, 0.5) is 11.4 Å². The van der Waals surface area contributed by atoms with Gasteiger partial charge in [0.25, 0.3) is 11.8 Å². The van der Waals surface area contributed by atoms with Gasteiger partial charge in [-0.25, -0.2) is 0 Å². The van der Waals surface area contributed by atoms with Crippen molar-refractivity contribution in [3.63, 3.8) is 0 Å². The van der Waals surface area contributed by atoms with Gasteiger partial charge in [-0.05, 0) is 82.2 Å². The van der Waals surface area contributed by atoms with Gasteiger partial charge in [-0.2, -0.15) is 10.5 Å². The Hall–Kier alpha value is -4.56. The maximum Gasteiger partial charge on any atom is 0.262 e. The van der Waals surface area contributed by atoms with Crippen molar-refractivity contribution < 1.29 is 9.59 Å². The molecule has 204 valence electrons. The highest BCUT2D eigenvalue weighted by molar-refractivity contribution is 6.02. The number of benzene rings is 2. The fourth-order valence-electron chi connectivity index (χ4n) is 4.06.